The lowest BCUT2D eigenvalue weighted by Crippen LogP contribution is -2.35. The fraction of sp³-hybridized carbons (Fsp3) is 0.500. The Labute approximate surface area is 109 Å². The standard InChI is InChI=1S/C12H14ClN3S/c1-16(6-8-4-9(13)5-8)12-11-10(2-3-17-11)14-7-15-12/h2-3,7-9H,4-6H2,1H3. The van der Waals surface area contributed by atoms with Gasteiger partial charge in [0.2, 0.25) is 0 Å². The number of halogens is 1. The van der Waals surface area contributed by atoms with Gasteiger partial charge in [0, 0.05) is 19.0 Å². The van der Waals surface area contributed by atoms with Gasteiger partial charge in [0.1, 0.15) is 12.1 Å². The van der Waals surface area contributed by atoms with Crippen LogP contribution in [0.15, 0.2) is 17.8 Å². The van der Waals surface area contributed by atoms with Gasteiger partial charge in [-0.2, -0.15) is 0 Å². The molecule has 1 fully saturated rings. The average molecular weight is 268 g/mol. The molecule has 5 heteroatoms. The second-order valence-corrected chi connectivity index (χ2v) is 6.18. The molecule has 1 aliphatic carbocycles. The Balaban J connectivity index is 1.80. The van der Waals surface area contributed by atoms with Crippen molar-refractivity contribution in [3.63, 3.8) is 0 Å². The highest BCUT2D eigenvalue weighted by atomic mass is 35.5. The Bertz CT molecular complexity index is 521. The van der Waals surface area contributed by atoms with Gasteiger partial charge in [-0.1, -0.05) is 0 Å². The lowest BCUT2D eigenvalue weighted by Gasteiger charge is -2.34. The number of hydrogen-bond donors (Lipinski definition) is 0. The molecule has 0 amide bonds. The Hall–Kier alpha value is -0.870. The molecular weight excluding hydrogens is 254 g/mol. The van der Waals surface area contributed by atoms with E-state index in [-0.39, 0.29) is 0 Å². The first-order valence-corrected chi connectivity index (χ1v) is 7.09. The number of alkyl halides is 1. The molecule has 2 aromatic heterocycles. The molecule has 0 aliphatic heterocycles. The molecule has 2 aromatic rings. The van der Waals surface area contributed by atoms with Crippen LogP contribution in [-0.4, -0.2) is 28.9 Å². The van der Waals surface area contributed by atoms with Crippen molar-refractivity contribution in [3.05, 3.63) is 17.8 Å². The Morgan fingerprint density at radius 1 is 1.47 bits per heavy atom. The predicted octanol–water partition coefficient (Wildman–Crippen LogP) is 3.14. The molecule has 0 spiro atoms. The summed E-state index contributed by atoms with van der Waals surface area (Å²) >= 11 is 7.71. The average Bonchev–Trinajstić information content (AvgIpc) is 2.74. The van der Waals surface area contributed by atoms with E-state index >= 15 is 0 Å². The van der Waals surface area contributed by atoms with Gasteiger partial charge in [0.25, 0.3) is 0 Å². The normalized spacial score (nSPS) is 23.6. The highest BCUT2D eigenvalue weighted by molar-refractivity contribution is 7.17. The third-order valence-corrected chi connectivity index (χ3v) is 4.55. The SMILES string of the molecule is CN(CC1CC(Cl)C1)c1ncnc2ccsc12. The molecule has 1 saturated carbocycles. The van der Waals surface area contributed by atoms with Crippen molar-refractivity contribution in [2.45, 2.75) is 18.2 Å². The maximum Gasteiger partial charge on any atom is 0.149 e. The molecule has 3 rings (SSSR count). The van der Waals surface area contributed by atoms with Crippen LogP contribution in [0.3, 0.4) is 0 Å². The summed E-state index contributed by atoms with van der Waals surface area (Å²) in [5.74, 6) is 1.76. The van der Waals surface area contributed by atoms with E-state index < -0.39 is 0 Å². The van der Waals surface area contributed by atoms with Gasteiger partial charge in [0.15, 0.2) is 0 Å². The molecule has 0 radical (unpaired) electrons. The van der Waals surface area contributed by atoms with E-state index in [1.54, 1.807) is 17.7 Å². The van der Waals surface area contributed by atoms with E-state index in [1.165, 1.54) is 4.70 Å². The zero-order chi connectivity index (χ0) is 11.8. The van der Waals surface area contributed by atoms with Crippen LogP contribution in [0, 0.1) is 5.92 Å². The van der Waals surface area contributed by atoms with Crippen LogP contribution in [0.5, 0.6) is 0 Å². The zero-order valence-corrected chi connectivity index (χ0v) is 11.2. The fourth-order valence-electron chi connectivity index (χ4n) is 2.32. The Morgan fingerprint density at radius 3 is 3.06 bits per heavy atom. The smallest absolute Gasteiger partial charge is 0.149 e. The van der Waals surface area contributed by atoms with Crippen LogP contribution in [0.2, 0.25) is 0 Å². The third-order valence-electron chi connectivity index (χ3n) is 3.30. The minimum atomic E-state index is 0.389. The van der Waals surface area contributed by atoms with Crippen LogP contribution >= 0.6 is 22.9 Å². The molecule has 0 N–H and O–H groups in total. The molecule has 2 heterocycles. The van der Waals surface area contributed by atoms with Crippen molar-refractivity contribution in [2.24, 2.45) is 5.92 Å². The molecule has 0 bridgehead atoms. The topological polar surface area (TPSA) is 29.0 Å². The molecular formula is C12H14ClN3S. The number of fused-ring (bicyclic) bond motifs is 1. The molecule has 17 heavy (non-hydrogen) atoms. The van der Waals surface area contributed by atoms with Crippen molar-refractivity contribution < 1.29 is 0 Å². The summed E-state index contributed by atoms with van der Waals surface area (Å²) in [4.78, 5) is 10.9. The van der Waals surface area contributed by atoms with Gasteiger partial charge < -0.3 is 4.90 Å². The van der Waals surface area contributed by atoms with E-state index in [0.717, 1.165) is 30.7 Å². The zero-order valence-electron chi connectivity index (χ0n) is 9.64. The van der Waals surface area contributed by atoms with E-state index in [4.69, 9.17) is 11.6 Å². The number of anilines is 1. The molecule has 0 atom stereocenters. The first-order chi connectivity index (χ1) is 8.24. The van der Waals surface area contributed by atoms with Crippen LogP contribution in [0.4, 0.5) is 5.82 Å². The summed E-state index contributed by atoms with van der Waals surface area (Å²) in [6, 6.07) is 2.04. The molecule has 0 saturated heterocycles. The summed E-state index contributed by atoms with van der Waals surface area (Å²) in [5.41, 5.74) is 1.04. The molecule has 0 unspecified atom stereocenters. The van der Waals surface area contributed by atoms with E-state index in [9.17, 15) is 0 Å². The van der Waals surface area contributed by atoms with Gasteiger partial charge in [-0.05, 0) is 30.2 Å². The van der Waals surface area contributed by atoms with Gasteiger partial charge in [0.05, 0.1) is 10.2 Å². The van der Waals surface area contributed by atoms with Crippen molar-refractivity contribution in [1.82, 2.24) is 9.97 Å². The van der Waals surface area contributed by atoms with Gasteiger partial charge in [-0.3, -0.25) is 0 Å². The van der Waals surface area contributed by atoms with E-state index in [0.29, 0.717) is 11.3 Å². The minimum Gasteiger partial charge on any atom is -0.358 e. The molecule has 90 valence electrons. The van der Waals surface area contributed by atoms with Crippen molar-refractivity contribution in [1.29, 1.82) is 0 Å². The van der Waals surface area contributed by atoms with Crippen molar-refractivity contribution in [2.75, 3.05) is 18.5 Å². The summed E-state index contributed by atoms with van der Waals surface area (Å²) in [6.07, 6.45) is 3.90. The lowest BCUT2D eigenvalue weighted by atomic mass is 9.84. The van der Waals surface area contributed by atoms with Crippen LogP contribution in [0.25, 0.3) is 10.2 Å². The molecule has 1 aliphatic rings. The first-order valence-electron chi connectivity index (χ1n) is 5.77. The summed E-state index contributed by atoms with van der Waals surface area (Å²) in [5, 5.41) is 2.45. The number of rotatable bonds is 3. The summed E-state index contributed by atoms with van der Waals surface area (Å²) < 4.78 is 1.18. The second-order valence-electron chi connectivity index (χ2n) is 4.65. The maximum absolute atomic E-state index is 6.01. The lowest BCUT2D eigenvalue weighted by molar-refractivity contribution is 0.329. The van der Waals surface area contributed by atoms with Gasteiger partial charge >= 0.3 is 0 Å². The number of thiophene rings is 1. The largest absolute Gasteiger partial charge is 0.358 e. The van der Waals surface area contributed by atoms with Crippen LogP contribution in [0.1, 0.15) is 12.8 Å². The first kappa shape index (κ1) is 11.2. The fourth-order valence-corrected chi connectivity index (χ4v) is 3.72. The summed E-state index contributed by atoms with van der Waals surface area (Å²) in [7, 11) is 2.10. The Morgan fingerprint density at radius 2 is 2.29 bits per heavy atom. The minimum absolute atomic E-state index is 0.389. The number of nitrogens with zero attached hydrogens (tertiary/aromatic N) is 3. The number of aromatic nitrogens is 2. The van der Waals surface area contributed by atoms with E-state index in [2.05, 4.69) is 27.3 Å². The molecule has 3 nitrogen and oxygen atoms in total. The van der Waals surface area contributed by atoms with Gasteiger partial charge in [-0.25, -0.2) is 9.97 Å². The van der Waals surface area contributed by atoms with Crippen molar-refractivity contribution in [3.8, 4) is 0 Å². The maximum atomic E-state index is 6.01. The van der Waals surface area contributed by atoms with E-state index in [1.807, 2.05) is 6.07 Å². The quantitative estimate of drug-likeness (QED) is 0.800. The van der Waals surface area contributed by atoms with Gasteiger partial charge in [-0.15, -0.1) is 22.9 Å². The van der Waals surface area contributed by atoms with Crippen LogP contribution < -0.4 is 4.90 Å². The Kier molecular flexibility index (Phi) is 2.92. The second kappa shape index (κ2) is 4.42. The highest BCUT2D eigenvalue weighted by Crippen LogP contribution is 2.34. The number of hydrogen-bond acceptors (Lipinski definition) is 4. The highest BCUT2D eigenvalue weighted by Gasteiger charge is 2.28. The summed E-state index contributed by atoms with van der Waals surface area (Å²) in [6.45, 7) is 1.03. The van der Waals surface area contributed by atoms with Crippen molar-refractivity contribution >= 4 is 39.0 Å². The molecule has 0 aromatic carbocycles. The van der Waals surface area contributed by atoms with Crippen LogP contribution in [-0.2, 0) is 0 Å². The monoisotopic (exact) mass is 267 g/mol. The predicted molar refractivity (Wildman–Crippen MR) is 73.1 cm³/mol. The third kappa shape index (κ3) is 2.11.